The Kier molecular flexibility index (Phi) is 2.26. The van der Waals surface area contributed by atoms with Crippen molar-refractivity contribution in [2.24, 2.45) is 5.18 Å². The number of ether oxygens (including phenoxy) is 1. The number of hydrogen-bond acceptors (Lipinski definition) is 4. The summed E-state index contributed by atoms with van der Waals surface area (Å²) in [5.41, 5.74) is 1.36. The van der Waals surface area contributed by atoms with E-state index in [-0.39, 0.29) is 11.7 Å². The number of rotatable bonds is 2. The summed E-state index contributed by atoms with van der Waals surface area (Å²) in [6.07, 6.45) is 0. The van der Waals surface area contributed by atoms with Crippen LogP contribution in [0.1, 0.15) is 28.8 Å². The zero-order chi connectivity index (χ0) is 11.0. The van der Waals surface area contributed by atoms with Gasteiger partial charge in [0.25, 0.3) is 0 Å². The van der Waals surface area contributed by atoms with Gasteiger partial charge in [-0.1, -0.05) is 24.2 Å². The molecule has 78 valence electrons. The average molecular weight is 205 g/mol. The Balaban J connectivity index is 2.61. The van der Waals surface area contributed by atoms with Crippen LogP contribution >= 0.6 is 0 Å². The van der Waals surface area contributed by atoms with Crippen LogP contribution in [0.15, 0.2) is 23.4 Å². The highest BCUT2D eigenvalue weighted by molar-refractivity contribution is 6.06. The zero-order valence-corrected chi connectivity index (χ0v) is 8.56. The molecule has 0 spiro atoms. The molecule has 0 bridgehead atoms. The van der Waals surface area contributed by atoms with Crippen molar-refractivity contribution in [3.05, 3.63) is 34.2 Å². The Morgan fingerprint density at radius 2 is 2.13 bits per heavy atom. The smallest absolute Gasteiger partial charge is 0.191 e. The van der Waals surface area contributed by atoms with Gasteiger partial charge in [0.2, 0.25) is 0 Å². The van der Waals surface area contributed by atoms with Crippen molar-refractivity contribution in [3.8, 4) is 5.75 Å². The van der Waals surface area contributed by atoms with E-state index in [1.165, 1.54) is 0 Å². The molecular weight excluding hydrogens is 194 g/mol. The van der Waals surface area contributed by atoms with Gasteiger partial charge in [-0.3, -0.25) is 4.79 Å². The number of hydrogen-bond donors (Lipinski definition) is 0. The number of Topliss-reactive ketones (excluding diaryl/α,β-unsaturated/α-hetero) is 1. The van der Waals surface area contributed by atoms with Crippen molar-refractivity contribution in [1.82, 2.24) is 0 Å². The van der Waals surface area contributed by atoms with E-state index in [1.807, 2.05) is 6.92 Å². The Hall–Kier alpha value is -1.71. The van der Waals surface area contributed by atoms with Gasteiger partial charge in [0.15, 0.2) is 11.8 Å². The molecule has 2 unspecified atom stereocenters. The normalized spacial score (nSPS) is 23.7. The maximum Gasteiger partial charge on any atom is 0.191 e. The van der Waals surface area contributed by atoms with Gasteiger partial charge >= 0.3 is 0 Å². The minimum atomic E-state index is -0.795. The predicted molar refractivity (Wildman–Crippen MR) is 55.3 cm³/mol. The summed E-state index contributed by atoms with van der Waals surface area (Å²) in [5.74, 6) is 0.257. The van der Waals surface area contributed by atoms with Gasteiger partial charge in [-0.25, -0.2) is 0 Å². The second-order valence-corrected chi connectivity index (χ2v) is 3.62. The average Bonchev–Trinajstić information content (AvgIpc) is 2.51. The molecule has 4 nitrogen and oxygen atoms in total. The van der Waals surface area contributed by atoms with Crippen LogP contribution in [-0.4, -0.2) is 18.9 Å². The Morgan fingerprint density at radius 3 is 2.73 bits per heavy atom. The second-order valence-electron chi connectivity index (χ2n) is 3.62. The van der Waals surface area contributed by atoms with Crippen LogP contribution in [0.5, 0.6) is 5.75 Å². The third-order valence-corrected chi connectivity index (χ3v) is 2.86. The standard InChI is InChI=1S/C11H11NO3/c1-6-9-7(11(13)10(6)12-14)4-3-5-8(9)15-2/h3-6,10H,1-2H3. The largest absolute Gasteiger partial charge is 0.496 e. The summed E-state index contributed by atoms with van der Waals surface area (Å²) in [6, 6.07) is 4.45. The summed E-state index contributed by atoms with van der Waals surface area (Å²) in [4.78, 5) is 22.3. The number of ketones is 1. The van der Waals surface area contributed by atoms with Crippen molar-refractivity contribution in [3.63, 3.8) is 0 Å². The van der Waals surface area contributed by atoms with Gasteiger partial charge in [-0.15, -0.1) is 0 Å². The van der Waals surface area contributed by atoms with Gasteiger partial charge in [-0.05, 0) is 6.07 Å². The van der Waals surface area contributed by atoms with Crippen LogP contribution in [0.4, 0.5) is 0 Å². The zero-order valence-electron chi connectivity index (χ0n) is 8.56. The molecule has 0 saturated heterocycles. The molecule has 0 aromatic heterocycles. The van der Waals surface area contributed by atoms with E-state index in [0.717, 1.165) is 5.56 Å². The lowest BCUT2D eigenvalue weighted by Gasteiger charge is -2.10. The minimum Gasteiger partial charge on any atom is -0.496 e. The summed E-state index contributed by atoms with van der Waals surface area (Å²) < 4.78 is 5.17. The van der Waals surface area contributed by atoms with Crippen LogP contribution in [-0.2, 0) is 0 Å². The van der Waals surface area contributed by atoms with Crippen LogP contribution in [0, 0.1) is 4.91 Å². The third kappa shape index (κ3) is 1.25. The summed E-state index contributed by atoms with van der Waals surface area (Å²) in [7, 11) is 1.55. The molecule has 15 heavy (non-hydrogen) atoms. The van der Waals surface area contributed by atoms with E-state index in [0.29, 0.717) is 11.3 Å². The van der Waals surface area contributed by atoms with Crippen LogP contribution in [0.25, 0.3) is 0 Å². The molecule has 0 fully saturated rings. The third-order valence-electron chi connectivity index (χ3n) is 2.86. The van der Waals surface area contributed by atoms with Crippen molar-refractivity contribution in [2.45, 2.75) is 18.9 Å². The predicted octanol–water partition coefficient (Wildman–Crippen LogP) is 2.13. The van der Waals surface area contributed by atoms with Gasteiger partial charge in [-0.2, -0.15) is 4.91 Å². The topological polar surface area (TPSA) is 55.7 Å². The van der Waals surface area contributed by atoms with E-state index in [4.69, 9.17) is 4.74 Å². The van der Waals surface area contributed by atoms with Gasteiger partial charge < -0.3 is 4.74 Å². The van der Waals surface area contributed by atoms with Crippen LogP contribution < -0.4 is 4.74 Å². The molecule has 1 aliphatic rings. The fraction of sp³-hybridized carbons (Fsp3) is 0.364. The van der Waals surface area contributed by atoms with E-state index in [2.05, 4.69) is 5.18 Å². The van der Waals surface area contributed by atoms with E-state index in [9.17, 15) is 9.70 Å². The molecule has 0 saturated carbocycles. The first-order valence-electron chi connectivity index (χ1n) is 4.74. The molecule has 0 N–H and O–H groups in total. The van der Waals surface area contributed by atoms with E-state index < -0.39 is 6.04 Å². The minimum absolute atomic E-state index is 0.193. The fourth-order valence-corrected chi connectivity index (χ4v) is 2.09. The molecule has 2 rings (SSSR count). The number of methoxy groups -OCH3 is 1. The van der Waals surface area contributed by atoms with Crippen molar-refractivity contribution in [2.75, 3.05) is 7.11 Å². The summed E-state index contributed by atoms with van der Waals surface area (Å²) in [6.45, 7) is 1.82. The number of fused-ring (bicyclic) bond motifs is 1. The second kappa shape index (κ2) is 3.46. The lowest BCUT2D eigenvalue weighted by molar-refractivity contribution is 0.0969. The Bertz CT molecular complexity index is 428. The Labute approximate surface area is 87.2 Å². The molecule has 0 aliphatic heterocycles. The first-order valence-corrected chi connectivity index (χ1v) is 4.74. The maximum atomic E-state index is 11.8. The van der Waals surface area contributed by atoms with Crippen molar-refractivity contribution >= 4 is 5.78 Å². The molecule has 0 heterocycles. The number of carbonyl (C=O) groups is 1. The number of benzene rings is 1. The van der Waals surface area contributed by atoms with Gasteiger partial charge in [0, 0.05) is 17.0 Å². The van der Waals surface area contributed by atoms with Crippen molar-refractivity contribution in [1.29, 1.82) is 0 Å². The molecule has 1 aromatic carbocycles. The highest BCUT2D eigenvalue weighted by Gasteiger charge is 2.40. The molecule has 1 aliphatic carbocycles. The van der Waals surface area contributed by atoms with Crippen LogP contribution in [0.2, 0.25) is 0 Å². The molecule has 2 atom stereocenters. The highest BCUT2D eigenvalue weighted by Crippen LogP contribution is 2.40. The molecule has 0 amide bonds. The highest BCUT2D eigenvalue weighted by atomic mass is 16.5. The number of nitroso groups, excluding NO2 is 1. The van der Waals surface area contributed by atoms with Crippen LogP contribution in [0.3, 0.4) is 0 Å². The SMILES string of the molecule is COc1cccc2c1C(C)C(N=O)C2=O. The number of nitrogens with zero attached hydrogens (tertiary/aromatic N) is 1. The first kappa shape index (κ1) is 9.83. The van der Waals surface area contributed by atoms with Gasteiger partial charge in [0.05, 0.1) is 7.11 Å². The van der Waals surface area contributed by atoms with Gasteiger partial charge in [0.1, 0.15) is 5.75 Å². The van der Waals surface area contributed by atoms with E-state index >= 15 is 0 Å². The molecular formula is C11H11NO3. The summed E-state index contributed by atoms with van der Waals surface area (Å²) in [5, 5.41) is 2.88. The lowest BCUT2D eigenvalue weighted by Crippen LogP contribution is -2.15. The number of carbonyl (C=O) groups excluding carboxylic acids is 1. The van der Waals surface area contributed by atoms with Crippen molar-refractivity contribution < 1.29 is 9.53 Å². The molecule has 0 radical (unpaired) electrons. The monoisotopic (exact) mass is 205 g/mol. The Morgan fingerprint density at radius 1 is 1.40 bits per heavy atom. The quantitative estimate of drug-likeness (QED) is 0.695. The fourth-order valence-electron chi connectivity index (χ4n) is 2.09. The maximum absolute atomic E-state index is 11.8. The first-order chi connectivity index (χ1) is 7.20. The molecule has 4 heteroatoms. The molecule has 1 aromatic rings. The van der Waals surface area contributed by atoms with E-state index in [1.54, 1.807) is 25.3 Å². The summed E-state index contributed by atoms with van der Waals surface area (Å²) >= 11 is 0. The lowest BCUT2D eigenvalue weighted by atomic mass is 10.0.